The van der Waals surface area contributed by atoms with Crippen molar-refractivity contribution < 1.29 is 23.2 Å². The molecule has 0 saturated carbocycles. The molecule has 0 aliphatic heterocycles. The Morgan fingerprint density at radius 2 is 1.83 bits per heavy atom. The van der Waals surface area contributed by atoms with E-state index in [2.05, 4.69) is 0 Å². The number of aliphatic carboxylic acids is 1. The summed E-state index contributed by atoms with van der Waals surface area (Å²) in [4.78, 5) is 20.4. The number of unbranched alkanes of at least 4 members (excludes halogenated alkanes) is 3. The molecule has 0 heterocycles. The van der Waals surface area contributed by atoms with E-state index < -0.39 is 32.5 Å². The maximum absolute atomic E-state index is 12.2. The maximum atomic E-state index is 12.2. The number of hydrogen-bond donors (Lipinski definition) is 2. The first-order valence-corrected chi connectivity index (χ1v) is 8.85. The van der Waals surface area contributed by atoms with Crippen LogP contribution in [0.3, 0.4) is 0 Å². The van der Waals surface area contributed by atoms with Crippen molar-refractivity contribution in [3.63, 3.8) is 0 Å². The quantitative estimate of drug-likeness (QED) is 0.374. The van der Waals surface area contributed by atoms with Gasteiger partial charge in [-0.25, -0.2) is 8.42 Å². The van der Waals surface area contributed by atoms with Gasteiger partial charge in [-0.2, -0.15) is 0 Å². The van der Waals surface area contributed by atoms with Crippen molar-refractivity contribution in [2.45, 2.75) is 43.0 Å². The average Bonchev–Trinajstić information content (AvgIpc) is 2.50. The first-order valence-electron chi connectivity index (χ1n) is 7.20. The minimum atomic E-state index is -3.71. The molecule has 1 aromatic rings. The van der Waals surface area contributed by atoms with Crippen LogP contribution in [-0.4, -0.2) is 36.2 Å². The first-order chi connectivity index (χ1) is 10.8. The van der Waals surface area contributed by atoms with Crippen molar-refractivity contribution in [2.75, 3.05) is 5.75 Å². The number of hydrogen-bond acceptors (Lipinski definition) is 6. The molecule has 3 N–H and O–H groups in total. The molecule has 1 unspecified atom stereocenters. The molecular formula is C14H20N2O6S. The second-order valence-electron chi connectivity index (χ2n) is 5.19. The van der Waals surface area contributed by atoms with Gasteiger partial charge in [-0.15, -0.1) is 0 Å². The van der Waals surface area contributed by atoms with Crippen LogP contribution in [0.25, 0.3) is 0 Å². The lowest BCUT2D eigenvalue weighted by atomic mass is 10.1. The van der Waals surface area contributed by atoms with E-state index in [0.29, 0.717) is 32.1 Å². The fourth-order valence-electron chi connectivity index (χ4n) is 2.11. The van der Waals surface area contributed by atoms with Gasteiger partial charge in [0.2, 0.25) is 0 Å². The van der Waals surface area contributed by atoms with Gasteiger partial charge in [-0.3, -0.25) is 14.9 Å². The number of carbonyl (C=O) groups is 1. The number of nitro benzene ring substituents is 1. The molecule has 128 valence electrons. The number of benzene rings is 1. The van der Waals surface area contributed by atoms with Gasteiger partial charge in [0, 0.05) is 6.07 Å². The van der Waals surface area contributed by atoms with Gasteiger partial charge in [-0.1, -0.05) is 31.4 Å². The fraction of sp³-hybridized carbons (Fsp3) is 0.500. The topological polar surface area (TPSA) is 141 Å². The van der Waals surface area contributed by atoms with E-state index in [0.717, 1.165) is 0 Å². The van der Waals surface area contributed by atoms with Crippen LogP contribution < -0.4 is 5.73 Å². The first kappa shape index (κ1) is 19.0. The van der Waals surface area contributed by atoms with Crippen LogP contribution in [0.5, 0.6) is 0 Å². The van der Waals surface area contributed by atoms with Gasteiger partial charge in [-0.05, 0) is 18.9 Å². The highest BCUT2D eigenvalue weighted by Gasteiger charge is 2.24. The molecule has 0 bridgehead atoms. The largest absolute Gasteiger partial charge is 0.480 e. The Bertz CT molecular complexity index is 659. The second-order valence-corrected chi connectivity index (χ2v) is 7.27. The van der Waals surface area contributed by atoms with Crippen LogP contribution in [0, 0.1) is 10.1 Å². The summed E-state index contributed by atoms with van der Waals surface area (Å²) < 4.78 is 24.4. The van der Waals surface area contributed by atoms with Crippen LogP contribution in [0.4, 0.5) is 5.69 Å². The highest BCUT2D eigenvalue weighted by Crippen LogP contribution is 2.24. The Balaban J connectivity index is 2.49. The van der Waals surface area contributed by atoms with Gasteiger partial charge in [0.15, 0.2) is 9.84 Å². The van der Waals surface area contributed by atoms with E-state index in [4.69, 9.17) is 10.8 Å². The summed E-state index contributed by atoms with van der Waals surface area (Å²) in [5.41, 5.74) is 4.95. The smallest absolute Gasteiger partial charge is 0.320 e. The van der Waals surface area contributed by atoms with Crippen molar-refractivity contribution in [1.29, 1.82) is 0 Å². The predicted octanol–water partition coefficient (Wildman–Crippen LogP) is 1.73. The number of rotatable bonds is 10. The van der Waals surface area contributed by atoms with Gasteiger partial charge < -0.3 is 10.8 Å². The maximum Gasteiger partial charge on any atom is 0.320 e. The van der Waals surface area contributed by atoms with E-state index in [1.165, 1.54) is 24.3 Å². The van der Waals surface area contributed by atoms with Crippen molar-refractivity contribution >= 4 is 21.5 Å². The Hall–Kier alpha value is -2.00. The van der Waals surface area contributed by atoms with Crippen LogP contribution in [0.1, 0.15) is 32.1 Å². The summed E-state index contributed by atoms with van der Waals surface area (Å²) in [6, 6.07) is 4.38. The normalized spacial score (nSPS) is 12.7. The third-order valence-electron chi connectivity index (χ3n) is 3.39. The molecule has 0 aliphatic rings. The molecule has 0 amide bonds. The van der Waals surface area contributed by atoms with Crippen LogP contribution >= 0.6 is 0 Å². The summed E-state index contributed by atoms with van der Waals surface area (Å²) in [7, 11) is -3.71. The van der Waals surface area contributed by atoms with Crippen molar-refractivity contribution in [2.24, 2.45) is 5.73 Å². The minimum absolute atomic E-state index is 0.178. The summed E-state index contributed by atoms with van der Waals surface area (Å²) >= 11 is 0. The molecule has 0 spiro atoms. The summed E-state index contributed by atoms with van der Waals surface area (Å²) in [6.45, 7) is 0. The van der Waals surface area contributed by atoms with Gasteiger partial charge in [0.1, 0.15) is 10.9 Å². The van der Waals surface area contributed by atoms with Crippen molar-refractivity contribution in [3.05, 3.63) is 34.4 Å². The molecule has 0 aromatic heterocycles. The zero-order valence-corrected chi connectivity index (χ0v) is 13.4. The standard InChI is InChI=1S/C14H20N2O6S/c15-11(14(17)18)7-3-1-2-6-10-23(21,22)13-9-5-4-8-12(13)16(19)20/h4-5,8-9,11H,1-3,6-7,10,15H2,(H,17,18). The lowest BCUT2D eigenvalue weighted by molar-refractivity contribution is -0.387. The Labute approximate surface area is 134 Å². The third-order valence-corrected chi connectivity index (χ3v) is 5.23. The van der Waals surface area contributed by atoms with Crippen LogP contribution in [0.15, 0.2) is 29.2 Å². The zero-order valence-electron chi connectivity index (χ0n) is 12.6. The van der Waals surface area contributed by atoms with E-state index in [9.17, 15) is 23.3 Å². The number of sulfone groups is 1. The predicted molar refractivity (Wildman–Crippen MR) is 83.8 cm³/mol. The van der Waals surface area contributed by atoms with E-state index in [-0.39, 0.29) is 10.6 Å². The summed E-state index contributed by atoms with van der Waals surface area (Å²) in [5, 5.41) is 19.5. The van der Waals surface area contributed by atoms with E-state index in [1.54, 1.807) is 0 Å². The molecule has 0 saturated heterocycles. The Kier molecular flexibility index (Phi) is 7.11. The van der Waals surface area contributed by atoms with Crippen LogP contribution in [-0.2, 0) is 14.6 Å². The van der Waals surface area contributed by atoms with Crippen molar-refractivity contribution in [3.8, 4) is 0 Å². The summed E-state index contributed by atoms with van der Waals surface area (Å²) in [6.07, 6.45) is 2.54. The SMILES string of the molecule is NC(CCCCCCS(=O)(=O)c1ccccc1[N+](=O)[O-])C(=O)O. The van der Waals surface area contributed by atoms with Gasteiger partial charge in [0.05, 0.1) is 10.7 Å². The molecule has 1 atom stereocenters. The highest BCUT2D eigenvalue weighted by molar-refractivity contribution is 7.91. The number of nitrogens with zero attached hydrogens (tertiary/aromatic N) is 1. The fourth-order valence-corrected chi connectivity index (χ4v) is 3.67. The zero-order chi connectivity index (χ0) is 17.5. The molecule has 0 fully saturated rings. The molecule has 9 heteroatoms. The lowest BCUT2D eigenvalue weighted by Crippen LogP contribution is -2.29. The van der Waals surface area contributed by atoms with Crippen molar-refractivity contribution in [1.82, 2.24) is 0 Å². The Morgan fingerprint density at radius 1 is 1.22 bits per heavy atom. The number of carboxylic acid groups (broad SMARTS) is 1. The number of nitro groups is 1. The second kappa shape index (κ2) is 8.59. The number of nitrogens with two attached hydrogens (primary N) is 1. The molecule has 8 nitrogen and oxygen atoms in total. The van der Waals surface area contributed by atoms with E-state index in [1.807, 2.05) is 0 Å². The minimum Gasteiger partial charge on any atom is -0.480 e. The lowest BCUT2D eigenvalue weighted by Gasteiger charge is -2.07. The number of carboxylic acids is 1. The highest BCUT2D eigenvalue weighted by atomic mass is 32.2. The molecular weight excluding hydrogens is 324 g/mol. The van der Waals surface area contributed by atoms with E-state index >= 15 is 0 Å². The monoisotopic (exact) mass is 344 g/mol. The molecule has 0 aliphatic carbocycles. The Morgan fingerprint density at radius 3 is 2.43 bits per heavy atom. The van der Waals surface area contributed by atoms with Crippen LogP contribution in [0.2, 0.25) is 0 Å². The molecule has 0 radical (unpaired) electrons. The number of para-hydroxylation sites is 1. The summed E-state index contributed by atoms with van der Waals surface area (Å²) in [5.74, 6) is -1.23. The molecule has 1 rings (SSSR count). The molecule has 23 heavy (non-hydrogen) atoms. The third kappa shape index (κ3) is 5.95. The average molecular weight is 344 g/mol. The molecule has 1 aromatic carbocycles. The van der Waals surface area contributed by atoms with Gasteiger partial charge in [0.25, 0.3) is 5.69 Å². The van der Waals surface area contributed by atoms with Gasteiger partial charge >= 0.3 is 5.97 Å².